The molecule has 1 radical (unpaired) electrons. The van der Waals surface area contributed by atoms with E-state index in [1.54, 1.807) is 0 Å². The first kappa shape index (κ1) is 15.8. The minimum absolute atomic E-state index is 0. The fourth-order valence-corrected chi connectivity index (χ4v) is 0. The van der Waals surface area contributed by atoms with Crippen LogP contribution in [0.25, 0.3) is 0 Å². The van der Waals surface area contributed by atoms with Crippen molar-refractivity contribution in [3.63, 3.8) is 0 Å². The zero-order valence-corrected chi connectivity index (χ0v) is 6.76. The molecule has 0 saturated carbocycles. The van der Waals surface area contributed by atoms with Crippen molar-refractivity contribution in [3.05, 3.63) is 30.6 Å². The molecule has 0 heterocycles. The van der Waals surface area contributed by atoms with E-state index in [1.807, 2.05) is 0 Å². The fraction of sp³-hybridized carbons (Fsp3) is 0. The molecule has 9 heavy (non-hydrogen) atoms. The summed E-state index contributed by atoms with van der Waals surface area (Å²) in [6.07, 6.45) is 0. The van der Waals surface area contributed by atoms with Gasteiger partial charge in [-0.2, -0.15) is 0 Å². The molecule has 0 aromatic rings. The number of nitrogens with zero attached hydrogens (tertiary/aromatic N) is 2. The van der Waals surface area contributed by atoms with Crippen LogP contribution in [0.2, 0.25) is 0 Å². The number of hydrogen-bond donors (Lipinski definition) is 0. The van der Waals surface area contributed by atoms with Gasteiger partial charge in [0.1, 0.15) is 0 Å². The molecule has 0 atom stereocenters. The van der Waals surface area contributed by atoms with Crippen molar-refractivity contribution in [1.82, 2.24) is 0 Å². The Labute approximate surface area is 73.6 Å². The van der Waals surface area contributed by atoms with Gasteiger partial charge in [-0.05, 0) is 0 Å². The molecule has 0 N–H and O–H groups in total. The second-order valence-electron chi connectivity index (χ2n) is 0.447. The molecule has 0 bridgehead atoms. The van der Waals surface area contributed by atoms with Crippen molar-refractivity contribution in [2.24, 2.45) is 0 Å². The Balaban J connectivity index is -0.0000000720. The smallest absolute Gasteiger partial charge is 0.356 e. The molecule has 0 spiro atoms. The van der Waals surface area contributed by atoms with Crippen LogP contribution in [0, 0.1) is 30.6 Å². The fourth-order valence-electron chi connectivity index (χ4n) is 0. The summed E-state index contributed by atoms with van der Waals surface area (Å²) in [4.78, 5) is 16.5. The second kappa shape index (κ2) is 10.5. The Kier molecular flexibility index (Phi) is 18.4. The number of hydrogen-bond acceptors (Lipinski definition) is 6. The molecule has 0 aromatic carbocycles. The molecule has 9 heteroatoms. The standard InChI is InChI=1S/2NO3.Y/c2*2-1(3)4;/q2*-1;+2. The summed E-state index contributed by atoms with van der Waals surface area (Å²) in [5.74, 6) is 0. The van der Waals surface area contributed by atoms with Crippen molar-refractivity contribution >= 4 is 0 Å². The van der Waals surface area contributed by atoms with Crippen molar-refractivity contribution < 1.29 is 42.9 Å². The molecule has 0 amide bonds. The van der Waals surface area contributed by atoms with Crippen LogP contribution in [-0.4, -0.2) is 10.2 Å². The Morgan fingerprint density at radius 1 is 0.778 bits per heavy atom. The first-order chi connectivity index (χ1) is 3.46. The van der Waals surface area contributed by atoms with Crippen molar-refractivity contribution in [2.75, 3.05) is 0 Å². The summed E-state index contributed by atoms with van der Waals surface area (Å²) >= 11 is 0. The van der Waals surface area contributed by atoms with E-state index in [2.05, 4.69) is 0 Å². The largest absolute Gasteiger partial charge is 2.00 e. The third-order valence-electron chi connectivity index (χ3n) is 0. The van der Waals surface area contributed by atoms with Gasteiger partial charge in [0.2, 0.25) is 0 Å². The SMILES string of the molecule is O=[N+]([O-])[O-].O=[N+]([O-])[O-].[Y+2]. The van der Waals surface area contributed by atoms with Gasteiger partial charge in [-0.3, -0.25) is 0 Å². The van der Waals surface area contributed by atoms with Crippen LogP contribution in [0.5, 0.6) is 0 Å². The van der Waals surface area contributed by atoms with E-state index in [0.717, 1.165) is 0 Å². The quantitative estimate of drug-likeness (QED) is 0.394. The molecule has 49 valence electrons. The molecular weight excluding hydrogens is 213 g/mol. The Hall–Kier alpha value is -0.496. The first-order valence-electron chi connectivity index (χ1n) is 1.10. The van der Waals surface area contributed by atoms with E-state index < -0.39 is 10.2 Å². The summed E-state index contributed by atoms with van der Waals surface area (Å²) in [6, 6.07) is 0. The van der Waals surface area contributed by atoms with Gasteiger partial charge in [0.15, 0.2) is 0 Å². The normalized spacial score (nSPS) is 5.33. The monoisotopic (exact) mass is 213 g/mol. The van der Waals surface area contributed by atoms with Gasteiger partial charge in [0.25, 0.3) is 0 Å². The van der Waals surface area contributed by atoms with E-state index in [-0.39, 0.29) is 32.7 Å². The minimum atomic E-state index is -1.75. The molecular formula is N2O6Y. The summed E-state index contributed by atoms with van der Waals surface area (Å²) in [6.45, 7) is 0. The predicted molar refractivity (Wildman–Crippen MR) is 20.7 cm³/mol. The third kappa shape index (κ3) is 924. The van der Waals surface area contributed by atoms with Gasteiger partial charge in [-0.15, -0.1) is 0 Å². The summed E-state index contributed by atoms with van der Waals surface area (Å²) in [5.41, 5.74) is 0. The molecule has 0 aliphatic rings. The van der Waals surface area contributed by atoms with Crippen LogP contribution >= 0.6 is 0 Å². The van der Waals surface area contributed by atoms with Gasteiger partial charge in [-0.25, -0.2) is 0 Å². The van der Waals surface area contributed by atoms with Crippen LogP contribution in [0.4, 0.5) is 0 Å². The van der Waals surface area contributed by atoms with Crippen LogP contribution < -0.4 is 0 Å². The zero-order chi connectivity index (χ0) is 7.15. The molecule has 0 fully saturated rings. The van der Waals surface area contributed by atoms with E-state index in [9.17, 15) is 0 Å². The van der Waals surface area contributed by atoms with Crippen LogP contribution in [0.15, 0.2) is 0 Å². The van der Waals surface area contributed by atoms with Crippen molar-refractivity contribution in [2.45, 2.75) is 0 Å². The maximum atomic E-state index is 8.25. The zero-order valence-electron chi connectivity index (χ0n) is 3.92. The average Bonchev–Trinajstić information content (AvgIpc) is 1.25. The van der Waals surface area contributed by atoms with E-state index in [1.165, 1.54) is 0 Å². The molecule has 0 unspecified atom stereocenters. The van der Waals surface area contributed by atoms with E-state index in [4.69, 9.17) is 30.6 Å². The molecule has 0 rings (SSSR count). The van der Waals surface area contributed by atoms with Gasteiger partial charge in [0.05, 0.1) is 10.2 Å². The first-order valence-corrected chi connectivity index (χ1v) is 1.10. The third-order valence-corrected chi connectivity index (χ3v) is 0. The Morgan fingerprint density at radius 3 is 0.778 bits per heavy atom. The van der Waals surface area contributed by atoms with Crippen molar-refractivity contribution in [1.29, 1.82) is 0 Å². The Morgan fingerprint density at radius 2 is 0.778 bits per heavy atom. The van der Waals surface area contributed by atoms with Gasteiger partial charge >= 0.3 is 32.7 Å². The average molecular weight is 213 g/mol. The maximum Gasteiger partial charge on any atom is 2.00 e. The summed E-state index contributed by atoms with van der Waals surface area (Å²) in [5, 5.41) is 29.5. The molecule has 0 aliphatic carbocycles. The van der Waals surface area contributed by atoms with Crippen LogP contribution in [0.1, 0.15) is 0 Å². The second-order valence-corrected chi connectivity index (χ2v) is 0.447. The summed E-state index contributed by atoms with van der Waals surface area (Å²) < 4.78 is 0. The van der Waals surface area contributed by atoms with Gasteiger partial charge < -0.3 is 30.6 Å². The van der Waals surface area contributed by atoms with E-state index >= 15 is 0 Å². The Bertz CT molecular complexity index is 69.1. The predicted octanol–water partition coefficient (Wildman–Crippen LogP) is -0.481. The maximum absolute atomic E-state index is 8.25. The topological polar surface area (TPSA) is 132 Å². The molecule has 8 nitrogen and oxygen atoms in total. The minimum Gasteiger partial charge on any atom is -0.356 e. The molecule has 0 aromatic heterocycles. The number of rotatable bonds is 0. The van der Waals surface area contributed by atoms with Gasteiger partial charge in [-0.1, -0.05) is 0 Å². The molecule has 0 aliphatic heterocycles. The van der Waals surface area contributed by atoms with Gasteiger partial charge in [0, 0.05) is 0 Å². The van der Waals surface area contributed by atoms with E-state index in [0.29, 0.717) is 0 Å². The van der Waals surface area contributed by atoms with Crippen LogP contribution in [-0.2, 0) is 32.7 Å². The summed E-state index contributed by atoms with van der Waals surface area (Å²) in [7, 11) is 0. The molecule has 0 saturated heterocycles. The van der Waals surface area contributed by atoms with Crippen molar-refractivity contribution in [3.8, 4) is 0 Å². The van der Waals surface area contributed by atoms with Crippen LogP contribution in [0.3, 0.4) is 0 Å².